The van der Waals surface area contributed by atoms with Crippen LogP contribution in [0.4, 0.5) is 0 Å². The van der Waals surface area contributed by atoms with Gasteiger partial charge < -0.3 is 4.84 Å². The van der Waals surface area contributed by atoms with Crippen LogP contribution in [0.15, 0.2) is 29.4 Å². The molecule has 1 aromatic heterocycles. The van der Waals surface area contributed by atoms with Crippen LogP contribution in [0.25, 0.3) is 0 Å². The monoisotopic (exact) mass is 340 g/mol. The SMILES string of the molecule is C[C@@H](CCC(=O)ON1C(=O)CCC1=O)SSc1ccccn1. The van der Waals surface area contributed by atoms with E-state index in [2.05, 4.69) is 4.98 Å². The molecule has 0 aliphatic carbocycles. The molecule has 2 heterocycles. The number of hydroxylamine groups is 2. The van der Waals surface area contributed by atoms with Crippen LogP contribution in [0.1, 0.15) is 32.6 Å². The van der Waals surface area contributed by atoms with E-state index in [1.54, 1.807) is 27.8 Å². The van der Waals surface area contributed by atoms with Gasteiger partial charge in [0, 0.05) is 30.7 Å². The van der Waals surface area contributed by atoms with Crippen LogP contribution in [0.3, 0.4) is 0 Å². The summed E-state index contributed by atoms with van der Waals surface area (Å²) in [7, 11) is 3.16. The van der Waals surface area contributed by atoms with E-state index >= 15 is 0 Å². The number of nitrogens with zero attached hydrogens (tertiary/aromatic N) is 2. The number of carbonyl (C=O) groups excluding carboxylic acids is 3. The van der Waals surface area contributed by atoms with Gasteiger partial charge in [0.25, 0.3) is 11.8 Å². The standard InChI is InChI=1S/C14H16N2O4S2/c1-10(21-22-11-4-2-3-9-15-11)5-8-14(19)20-16-12(17)6-7-13(16)18/h2-4,9-10H,5-8H2,1H3/t10-/m0/s1. The minimum atomic E-state index is -0.557. The van der Waals surface area contributed by atoms with Crippen molar-refractivity contribution >= 4 is 39.4 Å². The summed E-state index contributed by atoms with van der Waals surface area (Å²) in [5, 5.41) is 1.71. The highest BCUT2D eigenvalue weighted by Gasteiger charge is 2.32. The quantitative estimate of drug-likeness (QED) is 0.558. The van der Waals surface area contributed by atoms with E-state index in [0.717, 1.165) is 5.03 Å². The van der Waals surface area contributed by atoms with Crippen LogP contribution in [-0.4, -0.2) is 33.1 Å². The lowest BCUT2D eigenvalue weighted by Gasteiger charge is -2.13. The zero-order valence-corrected chi connectivity index (χ0v) is 13.7. The Balaban J connectivity index is 1.67. The highest BCUT2D eigenvalue weighted by Crippen LogP contribution is 2.34. The Morgan fingerprint density at radius 1 is 1.36 bits per heavy atom. The maximum Gasteiger partial charge on any atom is 0.333 e. The van der Waals surface area contributed by atoms with Crippen molar-refractivity contribution in [3.05, 3.63) is 24.4 Å². The maximum atomic E-state index is 11.7. The summed E-state index contributed by atoms with van der Waals surface area (Å²) < 4.78 is 0. The molecule has 1 saturated heterocycles. The summed E-state index contributed by atoms with van der Waals surface area (Å²) in [6, 6.07) is 5.69. The van der Waals surface area contributed by atoms with Crippen molar-refractivity contribution < 1.29 is 19.2 Å². The number of hydrogen-bond acceptors (Lipinski definition) is 7. The number of hydrogen-bond donors (Lipinski definition) is 0. The van der Waals surface area contributed by atoms with E-state index in [4.69, 9.17) is 4.84 Å². The molecule has 2 amide bonds. The predicted molar refractivity (Wildman–Crippen MR) is 83.6 cm³/mol. The molecule has 8 heteroatoms. The van der Waals surface area contributed by atoms with Gasteiger partial charge in [-0.2, -0.15) is 0 Å². The molecule has 1 aromatic rings. The molecule has 0 unspecified atom stereocenters. The van der Waals surface area contributed by atoms with E-state index in [1.807, 2.05) is 25.1 Å². The number of amides is 2. The lowest BCUT2D eigenvalue weighted by Crippen LogP contribution is -2.32. The smallest absolute Gasteiger partial charge is 0.330 e. The highest BCUT2D eigenvalue weighted by atomic mass is 33.1. The van der Waals surface area contributed by atoms with E-state index < -0.39 is 17.8 Å². The molecule has 1 aliphatic rings. The lowest BCUT2D eigenvalue weighted by molar-refractivity contribution is -0.197. The number of carbonyl (C=O) groups is 3. The van der Waals surface area contributed by atoms with Crippen molar-refractivity contribution in [1.82, 2.24) is 10.0 Å². The molecule has 1 fully saturated rings. The molecule has 6 nitrogen and oxygen atoms in total. The number of aromatic nitrogens is 1. The number of pyridine rings is 1. The van der Waals surface area contributed by atoms with Crippen LogP contribution >= 0.6 is 21.6 Å². The van der Waals surface area contributed by atoms with Gasteiger partial charge in [-0.3, -0.25) is 9.59 Å². The molecule has 0 spiro atoms. The summed E-state index contributed by atoms with van der Waals surface area (Å²) >= 11 is 0. The molecule has 1 aliphatic heterocycles. The van der Waals surface area contributed by atoms with Gasteiger partial charge in [0.2, 0.25) is 0 Å². The minimum Gasteiger partial charge on any atom is -0.330 e. The van der Waals surface area contributed by atoms with Crippen molar-refractivity contribution in [2.24, 2.45) is 0 Å². The first-order chi connectivity index (χ1) is 10.6. The fraction of sp³-hybridized carbons (Fsp3) is 0.429. The molecule has 0 N–H and O–H groups in total. The van der Waals surface area contributed by atoms with Crippen LogP contribution in [0, 0.1) is 0 Å². The van der Waals surface area contributed by atoms with Crippen molar-refractivity contribution in [2.75, 3.05) is 0 Å². The second kappa shape index (κ2) is 8.19. The second-order valence-electron chi connectivity index (χ2n) is 4.74. The van der Waals surface area contributed by atoms with Crippen LogP contribution < -0.4 is 0 Å². The van der Waals surface area contributed by atoms with Crippen molar-refractivity contribution in [2.45, 2.75) is 42.9 Å². The molecule has 22 heavy (non-hydrogen) atoms. The molecular formula is C14H16N2O4S2. The van der Waals surface area contributed by atoms with Crippen molar-refractivity contribution in [3.63, 3.8) is 0 Å². The number of rotatable bonds is 7. The largest absolute Gasteiger partial charge is 0.333 e. The van der Waals surface area contributed by atoms with Gasteiger partial charge >= 0.3 is 5.97 Å². The van der Waals surface area contributed by atoms with E-state index in [0.29, 0.717) is 11.5 Å². The third-order valence-electron chi connectivity index (χ3n) is 2.89. The van der Waals surface area contributed by atoms with Crippen molar-refractivity contribution in [3.8, 4) is 0 Å². The number of imide groups is 1. The summed E-state index contributed by atoms with van der Waals surface area (Å²) in [6.45, 7) is 2.00. The fourth-order valence-electron chi connectivity index (χ4n) is 1.70. The Hall–Kier alpha value is -1.54. The summed E-state index contributed by atoms with van der Waals surface area (Å²) in [4.78, 5) is 43.4. The molecule has 0 radical (unpaired) electrons. The van der Waals surface area contributed by atoms with E-state index in [-0.39, 0.29) is 24.5 Å². The molecule has 118 valence electrons. The second-order valence-corrected chi connectivity index (χ2v) is 7.40. The topological polar surface area (TPSA) is 76.6 Å². The third-order valence-corrected chi connectivity index (χ3v) is 5.75. The first kappa shape index (κ1) is 16.8. The Bertz CT molecular complexity index is 537. The Morgan fingerprint density at radius 3 is 2.73 bits per heavy atom. The Labute approximate surface area is 136 Å². The average molecular weight is 340 g/mol. The Morgan fingerprint density at radius 2 is 2.09 bits per heavy atom. The van der Waals surface area contributed by atoms with Crippen LogP contribution in [0.5, 0.6) is 0 Å². The first-order valence-electron chi connectivity index (χ1n) is 6.87. The van der Waals surface area contributed by atoms with Gasteiger partial charge in [0.05, 0.1) is 0 Å². The maximum absolute atomic E-state index is 11.7. The average Bonchev–Trinajstić information content (AvgIpc) is 2.84. The summed E-state index contributed by atoms with van der Waals surface area (Å²) in [5.74, 6) is -1.46. The normalized spacial score (nSPS) is 16.0. The third kappa shape index (κ3) is 5.03. The van der Waals surface area contributed by atoms with Crippen LogP contribution in [0.2, 0.25) is 0 Å². The minimum absolute atomic E-state index is 0.110. The molecule has 0 saturated carbocycles. The summed E-state index contributed by atoms with van der Waals surface area (Å²) in [6.07, 6.45) is 2.71. The zero-order valence-electron chi connectivity index (χ0n) is 12.1. The highest BCUT2D eigenvalue weighted by molar-refractivity contribution is 8.76. The summed E-state index contributed by atoms with van der Waals surface area (Å²) in [5.41, 5.74) is 0. The van der Waals surface area contributed by atoms with Gasteiger partial charge in [0.1, 0.15) is 5.03 Å². The van der Waals surface area contributed by atoms with E-state index in [1.165, 1.54) is 0 Å². The van der Waals surface area contributed by atoms with Crippen LogP contribution in [-0.2, 0) is 19.2 Å². The molecule has 0 aromatic carbocycles. The molecule has 2 rings (SSSR count). The van der Waals surface area contributed by atoms with Gasteiger partial charge in [0.15, 0.2) is 0 Å². The van der Waals surface area contributed by atoms with E-state index in [9.17, 15) is 14.4 Å². The first-order valence-corrected chi connectivity index (χ1v) is 9.08. The lowest BCUT2D eigenvalue weighted by atomic mass is 10.2. The van der Waals surface area contributed by atoms with Gasteiger partial charge in [-0.1, -0.05) is 23.8 Å². The molecule has 1 atom stereocenters. The zero-order chi connectivity index (χ0) is 15.9. The molecular weight excluding hydrogens is 324 g/mol. The Kier molecular flexibility index (Phi) is 6.26. The molecule has 0 bridgehead atoms. The van der Waals surface area contributed by atoms with Crippen molar-refractivity contribution in [1.29, 1.82) is 0 Å². The fourth-order valence-corrected chi connectivity index (χ4v) is 3.79. The predicted octanol–water partition coefficient (Wildman–Crippen LogP) is 2.60. The van der Waals surface area contributed by atoms with Gasteiger partial charge in [-0.15, -0.1) is 5.06 Å². The van der Waals surface area contributed by atoms with Gasteiger partial charge in [-0.25, -0.2) is 9.78 Å². The van der Waals surface area contributed by atoms with Gasteiger partial charge in [-0.05, 0) is 29.3 Å².